The first kappa shape index (κ1) is 18.9. The molecular weight excluding hydrogens is 342 g/mol. The van der Waals surface area contributed by atoms with Crippen molar-refractivity contribution in [3.05, 3.63) is 50.2 Å². The summed E-state index contributed by atoms with van der Waals surface area (Å²) in [4.78, 5) is 26.3. The molecule has 134 valence electrons. The fourth-order valence-corrected chi connectivity index (χ4v) is 3.23. The van der Waals surface area contributed by atoms with Gasteiger partial charge in [-0.2, -0.15) is 0 Å². The average Bonchev–Trinajstić information content (AvgIpc) is 2.98. The highest BCUT2D eigenvalue weighted by Crippen LogP contribution is 2.29. The number of methoxy groups -OCH3 is 1. The second-order valence-electron chi connectivity index (χ2n) is 5.75. The molecule has 0 spiro atoms. The van der Waals surface area contributed by atoms with Crippen LogP contribution in [0.3, 0.4) is 0 Å². The van der Waals surface area contributed by atoms with Crippen LogP contribution in [0.15, 0.2) is 29.6 Å². The van der Waals surface area contributed by atoms with Crippen molar-refractivity contribution in [2.24, 2.45) is 0 Å². The number of hydrogen-bond acceptors (Lipinski definition) is 6. The second-order valence-corrected chi connectivity index (χ2v) is 6.75. The molecule has 0 bridgehead atoms. The summed E-state index contributed by atoms with van der Waals surface area (Å²) in [7, 11) is 3.28. The maximum Gasteiger partial charge on any atom is 0.296 e. The first-order chi connectivity index (χ1) is 11.8. The van der Waals surface area contributed by atoms with Crippen LogP contribution in [-0.4, -0.2) is 35.9 Å². The van der Waals surface area contributed by atoms with E-state index in [2.05, 4.69) is 5.32 Å². The maximum absolute atomic E-state index is 12.5. The number of nitrogens with one attached hydrogen (secondary N) is 1. The van der Waals surface area contributed by atoms with E-state index in [4.69, 9.17) is 4.74 Å². The summed E-state index contributed by atoms with van der Waals surface area (Å²) in [6.45, 7) is 4.45. The van der Waals surface area contributed by atoms with Gasteiger partial charge in [-0.1, -0.05) is 0 Å². The number of hydrogen-bond donors (Lipinski definition) is 1. The van der Waals surface area contributed by atoms with Gasteiger partial charge in [-0.05, 0) is 50.0 Å². The number of anilines is 1. The van der Waals surface area contributed by atoms with Gasteiger partial charge in [0.1, 0.15) is 11.4 Å². The molecule has 2 rings (SSSR count). The van der Waals surface area contributed by atoms with E-state index in [1.807, 2.05) is 30.3 Å². The molecule has 1 heterocycles. The van der Waals surface area contributed by atoms with Gasteiger partial charge < -0.3 is 10.1 Å². The number of aryl methyl sites for hydroxylation is 1. The zero-order chi connectivity index (χ0) is 18.6. The fraction of sp³-hybridized carbons (Fsp3) is 0.353. The predicted molar refractivity (Wildman–Crippen MR) is 98.3 cm³/mol. The molecule has 0 aliphatic heterocycles. The highest BCUT2D eigenvalue weighted by Gasteiger charge is 2.23. The number of thiophene rings is 1. The normalized spacial score (nSPS) is 12.0. The molecule has 7 nitrogen and oxygen atoms in total. The van der Waals surface area contributed by atoms with Gasteiger partial charge in [0.2, 0.25) is 5.91 Å². The molecule has 0 radical (unpaired) electrons. The van der Waals surface area contributed by atoms with Gasteiger partial charge in [0.05, 0.1) is 24.1 Å². The van der Waals surface area contributed by atoms with E-state index in [0.29, 0.717) is 12.3 Å². The fourth-order valence-electron chi connectivity index (χ4n) is 2.26. The first-order valence-electron chi connectivity index (χ1n) is 7.70. The van der Waals surface area contributed by atoms with E-state index < -0.39 is 11.0 Å². The third-order valence-corrected chi connectivity index (χ3v) is 5.07. The smallest absolute Gasteiger partial charge is 0.296 e. The van der Waals surface area contributed by atoms with Crippen LogP contribution in [0.1, 0.15) is 17.4 Å². The number of likely N-dealkylation sites (N-methyl/N-ethyl adjacent to an activating group) is 1. The number of rotatable bonds is 7. The minimum atomic E-state index is -0.540. The van der Waals surface area contributed by atoms with Crippen LogP contribution in [0.5, 0.6) is 5.75 Å². The number of amides is 1. The quantitative estimate of drug-likeness (QED) is 0.602. The lowest BCUT2D eigenvalue weighted by Crippen LogP contribution is -2.39. The van der Waals surface area contributed by atoms with E-state index in [9.17, 15) is 14.9 Å². The maximum atomic E-state index is 12.5. The molecule has 25 heavy (non-hydrogen) atoms. The zero-order valence-electron chi connectivity index (χ0n) is 14.6. The molecule has 1 atom stereocenters. The monoisotopic (exact) mass is 363 g/mol. The molecule has 8 heteroatoms. The number of nitrogens with zero attached hydrogens (tertiary/aromatic N) is 2. The largest absolute Gasteiger partial charge is 0.496 e. The standard InChI is InChI=1S/C17H21N3O4S/c1-11-7-8-25-16(11)10-19(3)12(2)17(21)18-14-6-5-13(24-4)9-15(14)20(22)23/h5-9,12H,10H2,1-4H3,(H,18,21). The van der Waals surface area contributed by atoms with Crippen molar-refractivity contribution in [3.8, 4) is 5.75 Å². The summed E-state index contributed by atoms with van der Waals surface area (Å²) >= 11 is 1.64. The van der Waals surface area contributed by atoms with E-state index in [1.54, 1.807) is 24.3 Å². The Balaban J connectivity index is 2.10. The van der Waals surface area contributed by atoms with Crippen LogP contribution < -0.4 is 10.1 Å². The first-order valence-corrected chi connectivity index (χ1v) is 8.58. The summed E-state index contributed by atoms with van der Waals surface area (Å²) in [6.07, 6.45) is 0. The van der Waals surface area contributed by atoms with Crippen molar-refractivity contribution in [1.82, 2.24) is 4.90 Å². The van der Waals surface area contributed by atoms with Crippen LogP contribution in [0, 0.1) is 17.0 Å². The minimum Gasteiger partial charge on any atom is -0.496 e. The molecule has 0 fully saturated rings. The Morgan fingerprint density at radius 3 is 2.72 bits per heavy atom. The molecule has 2 aromatic rings. The topological polar surface area (TPSA) is 84.7 Å². The second kappa shape index (κ2) is 8.09. The van der Waals surface area contributed by atoms with Crippen molar-refractivity contribution >= 4 is 28.6 Å². The van der Waals surface area contributed by atoms with E-state index >= 15 is 0 Å². The third-order valence-electron chi connectivity index (χ3n) is 4.06. The highest BCUT2D eigenvalue weighted by molar-refractivity contribution is 7.10. The van der Waals surface area contributed by atoms with Crippen molar-refractivity contribution in [2.75, 3.05) is 19.5 Å². The van der Waals surface area contributed by atoms with E-state index in [-0.39, 0.29) is 17.3 Å². The summed E-state index contributed by atoms with van der Waals surface area (Å²) in [5.74, 6) is 0.0630. The number of ether oxygens (including phenoxy) is 1. The lowest BCUT2D eigenvalue weighted by Gasteiger charge is -2.23. The van der Waals surface area contributed by atoms with Gasteiger partial charge >= 0.3 is 0 Å². The molecular formula is C17H21N3O4S. The Bertz CT molecular complexity index is 775. The average molecular weight is 363 g/mol. The molecule has 1 aromatic heterocycles. The Kier molecular flexibility index (Phi) is 6.11. The number of benzene rings is 1. The number of nitro groups is 1. The molecule has 1 amide bonds. The molecule has 1 aromatic carbocycles. The molecule has 0 saturated heterocycles. The Morgan fingerprint density at radius 1 is 1.44 bits per heavy atom. The lowest BCUT2D eigenvalue weighted by molar-refractivity contribution is -0.384. The van der Waals surface area contributed by atoms with Crippen molar-refractivity contribution in [1.29, 1.82) is 0 Å². The van der Waals surface area contributed by atoms with Gasteiger partial charge in [0.15, 0.2) is 0 Å². The third kappa shape index (κ3) is 4.55. The van der Waals surface area contributed by atoms with Gasteiger partial charge in [-0.3, -0.25) is 19.8 Å². The molecule has 0 saturated carbocycles. The summed E-state index contributed by atoms with van der Waals surface area (Å²) < 4.78 is 5.00. The molecule has 0 aliphatic carbocycles. The number of carbonyl (C=O) groups excluding carboxylic acids is 1. The molecule has 0 aliphatic rings. The van der Waals surface area contributed by atoms with Gasteiger partial charge in [0, 0.05) is 11.4 Å². The SMILES string of the molecule is COc1ccc(NC(=O)C(C)N(C)Cc2sccc2C)c([N+](=O)[O-])c1. The van der Waals surface area contributed by atoms with Gasteiger partial charge in [-0.15, -0.1) is 11.3 Å². The minimum absolute atomic E-state index is 0.156. The van der Waals surface area contributed by atoms with Gasteiger partial charge in [-0.25, -0.2) is 0 Å². The lowest BCUT2D eigenvalue weighted by atomic mass is 10.2. The van der Waals surface area contributed by atoms with Crippen LogP contribution in [0.25, 0.3) is 0 Å². The van der Waals surface area contributed by atoms with Crippen molar-refractivity contribution in [2.45, 2.75) is 26.4 Å². The van der Waals surface area contributed by atoms with Crippen molar-refractivity contribution in [3.63, 3.8) is 0 Å². The Hall–Kier alpha value is -2.45. The van der Waals surface area contributed by atoms with Crippen molar-refractivity contribution < 1.29 is 14.5 Å². The van der Waals surface area contributed by atoms with E-state index in [0.717, 1.165) is 0 Å². The summed E-state index contributed by atoms with van der Waals surface area (Å²) in [5.41, 5.74) is 1.15. The predicted octanol–water partition coefficient (Wildman–Crippen LogP) is 3.43. The summed E-state index contributed by atoms with van der Waals surface area (Å²) in [6, 6.07) is 5.94. The van der Waals surface area contributed by atoms with Crippen LogP contribution in [0.4, 0.5) is 11.4 Å². The number of nitro benzene ring substituents is 1. The Morgan fingerprint density at radius 2 is 2.16 bits per heavy atom. The van der Waals surface area contributed by atoms with Gasteiger partial charge in [0.25, 0.3) is 5.69 Å². The number of carbonyl (C=O) groups is 1. The zero-order valence-corrected chi connectivity index (χ0v) is 15.4. The highest BCUT2D eigenvalue weighted by atomic mass is 32.1. The van der Waals surface area contributed by atoms with Crippen LogP contribution in [-0.2, 0) is 11.3 Å². The van der Waals surface area contributed by atoms with E-state index in [1.165, 1.54) is 29.7 Å². The summed E-state index contributed by atoms with van der Waals surface area (Å²) in [5, 5.41) is 15.9. The molecule has 1 N–H and O–H groups in total. The Labute approximate surface area is 150 Å². The van der Waals surface area contributed by atoms with Crippen LogP contribution in [0.2, 0.25) is 0 Å². The van der Waals surface area contributed by atoms with Crippen LogP contribution >= 0.6 is 11.3 Å². The molecule has 1 unspecified atom stereocenters.